The lowest BCUT2D eigenvalue weighted by Gasteiger charge is -2.46. The minimum atomic E-state index is -0.484. The Labute approximate surface area is 196 Å². The van der Waals surface area contributed by atoms with Gasteiger partial charge in [-0.1, -0.05) is 113 Å². The molecule has 32 heavy (non-hydrogen) atoms. The molecule has 1 nitrogen and oxygen atoms in total. The Morgan fingerprint density at radius 2 is 1.25 bits per heavy atom. The molecule has 0 amide bonds. The Morgan fingerprint density at radius 3 is 1.72 bits per heavy atom. The molecule has 4 atom stereocenters. The highest BCUT2D eigenvalue weighted by atomic mass is 31.1. The highest BCUT2D eigenvalue weighted by Crippen LogP contribution is 2.62. The third-order valence-corrected chi connectivity index (χ3v) is 13.0. The van der Waals surface area contributed by atoms with Gasteiger partial charge >= 0.3 is 0 Å². The molecule has 1 aliphatic carbocycles. The monoisotopic (exact) mass is 462 g/mol. The summed E-state index contributed by atoms with van der Waals surface area (Å²) in [5, 5.41) is 15.0. The molecular formula is C29H36OP2. The molecule has 1 fully saturated rings. The first kappa shape index (κ1) is 23.6. The van der Waals surface area contributed by atoms with Crippen molar-refractivity contribution in [3.8, 4) is 0 Å². The van der Waals surface area contributed by atoms with Gasteiger partial charge in [-0.2, -0.15) is 0 Å². The van der Waals surface area contributed by atoms with E-state index < -0.39 is 7.92 Å². The van der Waals surface area contributed by atoms with Crippen LogP contribution < -0.4 is 15.9 Å². The molecule has 0 spiro atoms. The summed E-state index contributed by atoms with van der Waals surface area (Å²) in [6, 6.07) is 33.2. The predicted octanol–water partition coefficient (Wildman–Crippen LogP) is 5.97. The van der Waals surface area contributed by atoms with Gasteiger partial charge in [-0.3, -0.25) is 0 Å². The molecule has 168 valence electrons. The summed E-state index contributed by atoms with van der Waals surface area (Å²) in [6.07, 6.45) is 4.73. The quantitative estimate of drug-likeness (QED) is 0.409. The van der Waals surface area contributed by atoms with Crippen molar-refractivity contribution in [1.29, 1.82) is 0 Å². The van der Waals surface area contributed by atoms with E-state index in [-0.39, 0.29) is 25.4 Å². The van der Waals surface area contributed by atoms with E-state index in [0.29, 0.717) is 5.92 Å². The number of hydrogen-bond donors (Lipinski definition) is 1. The second-order valence-corrected chi connectivity index (χ2v) is 14.3. The molecule has 3 aromatic carbocycles. The van der Waals surface area contributed by atoms with E-state index in [0.717, 1.165) is 12.6 Å². The number of aliphatic hydroxyl groups excluding tert-OH is 1. The minimum absolute atomic E-state index is 0.0331. The fourth-order valence-corrected chi connectivity index (χ4v) is 10.6. The molecular weight excluding hydrogens is 426 g/mol. The Hall–Kier alpha value is -1.52. The third-order valence-electron chi connectivity index (χ3n) is 7.99. The van der Waals surface area contributed by atoms with Gasteiger partial charge < -0.3 is 5.11 Å². The first-order valence-corrected chi connectivity index (χ1v) is 15.2. The van der Waals surface area contributed by atoms with Crippen molar-refractivity contribution in [3.63, 3.8) is 0 Å². The largest absolute Gasteiger partial charge is 0.396 e. The van der Waals surface area contributed by atoms with E-state index in [1.54, 1.807) is 0 Å². The third kappa shape index (κ3) is 4.72. The molecule has 0 radical (unpaired) electrons. The van der Waals surface area contributed by atoms with Gasteiger partial charge in [0.1, 0.15) is 0 Å². The average Bonchev–Trinajstić information content (AvgIpc) is 3.09. The topological polar surface area (TPSA) is 20.2 Å². The molecule has 3 heteroatoms. The van der Waals surface area contributed by atoms with Crippen LogP contribution in [0.25, 0.3) is 0 Å². The molecule has 4 rings (SSSR count). The van der Waals surface area contributed by atoms with E-state index in [4.69, 9.17) is 0 Å². The van der Waals surface area contributed by atoms with Gasteiger partial charge in [-0.05, 0) is 72.4 Å². The van der Waals surface area contributed by atoms with Crippen LogP contribution in [0.3, 0.4) is 0 Å². The van der Waals surface area contributed by atoms with E-state index in [1.165, 1.54) is 28.5 Å². The molecule has 4 unspecified atom stereocenters. The number of aliphatic hydroxyl groups is 1. The lowest BCUT2D eigenvalue weighted by molar-refractivity contribution is 0.0338. The minimum Gasteiger partial charge on any atom is -0.396 e. The van der Waals surface area contributed by atoms with Gasteiger partial charge in [0.2, 0.25) is 0 Å². The van der Waals surface area contributed by atoms with Gasteiger partial charge in [0, 0.05) is 6.61 Å². The van der Waals surface area contributed by atoms with Crippen molar-refractivity contribution in [2.24, 2.45) is 16.7 Å². The number of hydrogen-bond acceptors (Lipinski definition) is 1. The van der Waals surface area contributed by atoms with Crippen molar-refractivity contribution in [2.75, 3.05) is 25.6 Å². The van der Waals surface area contributed by atoms with E-state index in [9.17, 15) is 5.11 Å². The van der Waals surface area contributed by atoms with Crippen LogP contribution >= 0.6 is 15.8 Å². The summed E-state index contributed by atoms with van der Waals surface area (Å²) in [6.45, 7) is 7.56. The highest BCUT2D eigenvalue weighted by molar-refractivity contribution is 7.73. The van der Waals surface area contributed by atoms with Crippen LogP contribution in [-0.2, 0) is 0 Å². The van der Waals surface area contributed by atoms with E-state index in [1.807, 2.05) is 0 Å². The molecule has 0 aliphatic heterocycles. The number of rotatable bonds is 8. The van der Waals surface area contributed by atoms with Crippen LogP contribution in [0.5, 0.6) is 0 Å². The highest BCUT2D eigenvalue weighted by Gasteiger charge is 2.54. The smallest absolute Gasteiger partial charge is 0.0490 e. The first-order chi connectivity index (χ1) is 15.5. The molecule has 0 aromatic heterocycles. The molecule has 1 N–H and O–H groups in total. The Kier molecular flexibility index (Phi) is 7.51. The fraction of sp³-hybridized carbons (Fsp3) is 0.379. The maximum Gasteiger partial charge on any atom is 0.0490 e. The predicted molar refractivity (Wildman–Crippen MR) is 144 cm³/mol. The van der Waals surface area contributed by atoms with Gasteiger partial charge in [0.05, 0.1) is 0 Å². The number of benzene rings is 3. The summed E-state index contributed by atoms with van der Waals surface area (Å²) >= 11 is 0. The zero-order chi connectivity index (χ0) is 22.6. The van der Waals surface area contributed by atoms with Crippen LogP contribution in [0.4, 0.5) is 0 Å². The Balaban J connectivity index is 1.68. The second kappa shape index (κ2) is 10.2. The lowest BCUT2D eigenvalue weighted by atomic mass is 9.66. The Bertz CT molecular complexity index is 938. The average molecular weight is 463 g/mol. The summed E-state index contributed by atoms with van der Waals surface area (Å²) < 4.78 is 0. The fourth-order valence-electron chi connectivity index (χ4n) is 5.46. The summed E-state index contributed by atoms with van der Waals surface area (Å²) in [7, 11) is -0.684. The van der Waals surface area contributed by atoms with Crippen molar-refractivity contribution in [2.45, 2.75) is 26.7 Å². The van der Waals surface area contributed by atoms with Gasteiger partial charge in [0.15, 0.2) is 0 Å². The summed E-state index contributed by atoms with van der Waals surface area (Å²) in [4.78, 5) is 0. The maximum atomic E-state index is 10.6. The van der Waals surface area contributed by atoms with Crippen LogP contribution in [0.2, 0.25) is 0 Å². The van der Waals surface area contributed by atoms with Crippen LogP contribution in [-0.4, -0.2) is 30.7 Å². The second-order valence-electron chi connectivity index (χ2n) is 9.85. The Morgan fingerprint density at radius 1 is 0.781 bits per heavy atom. The lowest BCUT2D eigenvalue weighted by Crippen LogP contribution is -2.44. The normalized spacial score (nSPS) is 26.3. The molecule has 0 saturated heterocycles. The molecule has 0 heterocycles. The molecule has 1 aliphatic rings. The summed E-state index contributed by atoms with van der Waals surface area (Å²) in [5.74, 6) is 0.633. The van der Waals surface area contributed by atoms with Gasteiger partial charge in [-0.25, -0.2) is 0 Å². The molecule has 1 saturated carbocycles. The van der Waals surface area contributed by atoms with Crippen LogP contribution in [0.1, 0.15) is 26.7 Å². The first-order valence-electron chi connectivity index (χ1n) is 11.7. The molecule has 0 bridgehead atoms. The van der Waals surface area contributed by atoms with Crippen LogP contribution in [0, 0.1) is 16.7 Å². The summed E-state index contributed by atoms with van der Waals surface area (Å²) in [5.41, 5.74) is 0.0686. The molecule has 3 aromatic rings. The van der Waals surface area contributed by atoms with Crippen molar-refractivity contribution in [1.82, 2.24) is 0 Å². The SMILES string of the molecule is CP(CC1CCC(C)(CO)C1(C)CP(c1ccccc1)c1ccccc1)c1ccccc1. The van der Waals surface area contributed by atoms with Crippen molar-refractivity contribution in [3.05, 3.63) is 91.0 Å². The van der Waals surface area contributed by atoms with E-state index in [2.05, 4.69) is 112 Å². The van der Waals surface area contributed by atoms with Gasteiger partial charge in [0.25, 0.3) is 0 Å². The van der Waals surface area contributed by atoms with Gasteiger partial charge in [-0.15, -0.1) is 0 Å². The van der Waals surface area contributed by atoms with Crippen LogP contribution in [0.15, 0.2) is 91.0 Å². The van der Waals surface area contributed by atoms with E-state index >= 15 is 0 Å². The van der Waals surface area contributed by atoms with Crippen molar-refractivity contribution >= 4 is 31.8 Å². The van der Waals surface area contributed by atoms with Crippen molar-refractivity contribution < 1.29 is 5.11 Å². The standard InChI is InChI=1S/C29H36OP2/c1-28(22-30)20-19-24(21-31(3)25-13-7-4-8-14-25)29(28,2)23-32(26-15-9-5-10-16-26)27-17-11-6-12-18-27/h4-18,24,30H,19-23H2,1-3H3. The zero-order valence-corrected chi connectivity index (χ0v) is 21.4. The maximum absolute atomic E-state index is 10.6. The zero-order valence-electron chi connectivity index (χ0n) is 19.6.